The summed E-state index contributed by atoms with van der Waals surface area (Å²) in [6, 6.07) is 15.5. The van der Waals surface area contributed by atoms with Gasteiger partial charge >= 0.3 is 0 Å². The first-order valence-electron chi connectivity index (χ1n) is 9.74. The highest BCUT2D eigenvalue weighted by Gasteiger charge is 2.39. The number of carbonyl (C=O) groups excluding carboxylic acids is 1. The molecule has 0 heterocycles. The van der Waals surface area contributed by atoms with Crippen molar-refractivity contribution in [1.82, 2.24) is 0 Å². The number of carbonyl (C=O) groups is 1. The highest BCUT2D eigenvalue weighted by Crippen LogP contribution is 2.40. The molecule has 0 aliphatic heterocycles. The minimum Gasteiger partial charge on any atom is -0.401 e. The summed E-state index contributed by atoms with van der Waals surface area (Å²) in [5, 5.41) is 9.33. The average molecular weight is 395 g/mol. The van der Waals surface area contributed by atoms with Gasteiger partial charge in [-0.05, 0) is 67.9 Å². The van der Waals surface area contributed by atoms with E-state index in [9.17, 15) is 4.79 Å². The molecule has 0 bridgehead atoms. The lowest BCUT2D eigenvalue weighted by Gasteiger charge is -2.35. The Balaban J connectivity index is 1.80. The van der Waals surface area contributed by atoms with Crippen molar-refractivity contribution in [3.63, 3.8) is 0 Å². The summed E-state index contributed by atoms with van der Waals surface area (Å²) >= 11 is 6.09. The zero-order valence-corrected chi connectivity index (χ0v) is 17.3. The highest BCUT2D eigenvalue weighted by molar-refractivity contribution is 6.31. The molecule has 0 fully saturated rings. The Bertz CT molecular complexity index is 933. The third-order valence-corrected chi connectivity index (χ3v) is 6.29. The van der Waals surface area contributed by atoms with Crippen LogP contribution in [0.2, 0.25) is 5.02 Å². The number of rotatable bonds is 6. The van der Waals surface area contributed by atoms with Gasteiger partial charge in [-0.15, -0.1) is 0 Å². The first-order valence-corrected chi connectivity index (χ1v) is 10.1. The molecule has 28 heavy (non-hydrogen) atoms. The van der Waals surface area contributed by atoms with Crippen LogP contribution in [-0.4, -0.2) is 11.5 Å². The smallest absolute Gasteiger partial charge is 0.144 e. The van der Waals surface area contributed by atoms with E-state index in [1.54, 1.807) is 0 Å². The van der Waals surface area contributed by atoms with E-state index in [4.69, 9.17) is 22.7 Å². The lowest BCUT2D eigenvalue weighted by atomic mass is 9.69. The zero-order valence-electron chi connectivity index (χ0n) is 16.5. The molecule has 3 rings (SSSR count). The van der Waals surface area contributed by atoms with Crippen LogP contribution in [0.1, 0.15) is 49.3 Å². The van der Waals surface area contributed by atoms with E-state index >= 15 is 0 Å². The normalized spacial score (nSPS) is 19.5. The summed E-state index contributed by atoms with van der Waals surface area (Å²) in [6.07, 6.45) is 3.46. The van der Waals surface area contributed by atoms with Gasteiger partial charge in [-0.2, -0.15) is 0 Å². The minimum absolute atomic E-state index is 0.149. The van der Waals surface area contributed by atoms with E-state index in [0.717, 1.165) is 46.5 Å². The van der Waals surface area contributed by atoms with Crippen molar-refractivity contribution in [1.29, 1.82) is 5.41 Å². The van der Waals surface area contributed by atoms with Gasteiger partial charge in [0.1, 0.15) is 5.78 Å². The molecule has 0 amide bonds. The molecule has 1 aliphatic carbocycles. The van der Waals surface area contributed by atoms with Gasteiger partial charge in [-0.25, -0.2) is 0 Å². The number of aryl methyl sites for hydroxylation is 2. The van der Waals surface area contributed by atoms with Crippen molar-refractivity contribution in [2.45, 2.75) is 46.0 Å². The molecular formula is C24H27ClN2O. The first kappa shape index (κ1) is 20.3. The van der Waals surface area contributed by atoms with Crippen LogP contribution in [0.5, 0.6) is 0 Å². The van der Waals surface area contributed by atoms with Gasteiger partial charge in [0.2, 0.25) is 0 Å². The molecule has 3 nitrogen and oxygen atoms in total. The monoisotopic (exact) mass is 394 g/mol. The van der Waals surface area contributed by atoms with Gasteiger partial charge in [0.05, 0.1) is 11.1 Å². The Morgan fingerprint density at radius 2 is 1.93 bits per heavy atom. The third-order valence-electron chi connectivity index (χ3n) is 5.87. The topological polar surface area (TPSA) is 66.9 Å². The predicted molar refractivity (Wildman–Crippen MR) is 116 cm³/mol. The van der Waals surface area contributed by atoms with E-state index in [1.807, 2.05) is 62.4 Å². The Hall–Kier alpha value is -2.39. The molecule has 2 aromatic rings. The minimum atomic E-state index is -0.698. The van der Waals surface area contributed by atoms with Crippen LogP contribution >= 0.6 is 11.6 Å². The first-order chi connectivity index (χ1) is 13.3. The quantitative estimate of drug-likeness (QED) is 0.624. The van der Waals surface area contributed by atoms with E-state index in [0.29, 0.717) is 24.3 Å². The Morgan fingerprint density at radius 3 is 2.61 bits per heavy atom. The summed E-state index contributed by atoms with van der Waals surface area (Å²) < 4.78 is 0. The summed E-state index contributed by atoms with van der Waals surface area (Å²) in [5.74, 6) is 0.149. The van der Waals surface area contributed by atoms with Crippen LogP contribution < -0.4 is 5.73 Å². The van der Waals surface area contributed by atoms with Crippen LogP contribution in [0, 0.1) is 17.7 Å². The summed E-state index contributed by atoms with van der Waals surface area (Å²) in [7, 11) is 0. The molecule has 1 unspecified atom stereocenters. The van der Waals surface area contributed by atoms with E-state index in [1.165, 1.54) is 0 Å². The van der Waals surface area contributed by atoms with Gasteiger partial charge in [0.25, 0.3) is 0 Å². The lowest BCUT2D eigenvalue weighted by Crippen LogP contribution is -2.38. The van der Waals surface area contributed by atoms with Crippen molar-refractivity contribution in [3.05, 3.63) is 81.5 Å². The zero-order chi connectivity index (χ0) is 20.3. The van der Waals surface area contributed by atoms with Gasteiger partial charge < -0.3 is 5.73 Å². The molecule has 0 saturated carbocycles. The van der Waals surface area contributed by atoms with E-state index < -0.39 is 5.41 Å². The van der Waals surface area contributed by atoms with Crippen molar-refractivity contribution in [3.8, 4) is 0 Å². The van der Waals surface area contributed by atoms with Gasteiger partial charge in [-0.3, -0.25) is 10.2 Å². The van der Waals surface area contributed by atoms with Crippen LogP contribution in [0.15, 0.2) is 59.8 Å². The van der Waals surface area contributed by atoms with Crippen LogP contribution in [0.4, 0.5) is 0 Å². The number of allylic oxidation sites excluding steroid dienone is 2. The van der Waals surface area contributed by atoms with Crippen LogP contribution in [0.25, 0.3) is 0 Å². The number of nitrogens with one attached hydrogen (secondary N) is 1. The largest absolute Gasteiger partial charge is 0.401 e. The number of ketones is 1. The van der Waals surface area contributed by atoms with Crippen molar-refractivity contribution < 1.29 is 4.79 Å². The number of hydrogen-bond donors (Lipinski definition) is 2. The Labute approximate surface area is 172 Å². The number of benzene rings is 2. The molecule has 4 heteroatoms. The van der Waals surface area contributed by atoms with Crippen molar-refractivity contribution >= 4 is 23.1 Å². The number of nitrogens with two attached hydrogens (primary N) is 1. The molecule has 0 saturated heterocycles. The summed E-state index contributed by atoms with van der Waals surface area (Å²) in [6.45, 7) is 3.91. The fourth-order valence-corrected chi connectivity index (χ4v) is 4.06. The number of halogens is 1. The number of hydrogen-bond acceptors (Lipinski definition) is 3. The van der Waals surface area contributed by atoms with Gasteiger partial charge in [0, 0.05) is 17.1 Å². The van der Waals surface area contributed by atoms with Crippen molar-refractivity contribution in [2.75, 3.05) is 0 Å². The summed E-state index contributed by atoms with van der Waals surface area (Å²) in [4.78, 5) is 13.1. The molecule has 0 radical (unpaired) electrons. The van der Waals surface area contributed by atoms with Crippen LogP contribution in [-0.2, 0) is 11.2 Å². The maximum Gasteiger partial charge on any atom is 0.144 e. The predicted octanol–water partition coefficient (Wildman–Crippen LogP) is 5.62. The highest BCUT2D eigenvalue weighted by atomic mass is 35.5. The molecule has 0 aromatic heterocycles. The Morgan fingerprint density at radius 1 is 1.21 bits per heavy atom. The second-order valence-corrected chi connectivity index (χ2v) is 8.23. The lowest BCUT2D eigenvalue weighted by molar-refractivity contribution is -0.126. The maximum atomic E-state index is 13.1. The van der Waals surface area contributed by atoms with Crippen LogP contribution in [0.3, 0.4) is 0 Å². The number of Topliss-reactive ketones (excluding diaryl/α,β-unsaturated/α-hetero) is 1. The standard InChI is InChI=1S/C24H27ClN2O/c1-16-15-17(10-12-20(16)25)11-13-21(28)24(2)14-6-9-19(23(24)27)22(26)18-7-4-3-5-8-18/h3-5,7-8,10,12,15,26H,6,9,11,13-14,27H2,1-2H3. The second-order valence-electron chi connectivity index (χ2n) is 7.83. The Kier molecular flexibility index (Phi) is 6.04. The maximum absolute atomic E-state index is 13.1. The molecule has 0 spiro atoms. The van der Waals surface area contributed by atoms with E-state index in [2.05, 4.69) is 0 Å². The second kappa shape index (κ2) is 8.32. The molecule has 3 N–H and O–H groups in total. The third kappa shape index (κ3) is 4.05. The van der Waals surface area contributed by atoms with E-state index in [-0.39, 0.29) is 5.78 Å². The molecule has 146 valence electrons. The van der Waals surface area contributed by atoms with Crippen molar-refractivity contribution in [2.24, 2.45) is 11.1 Å². The molecule has 1 atom stereocenters. The fourth-order valence-electron chi connectivity index (χ4n) is 3.95. The summed E-state index contributed by atoms with van der Waals surface area (Å²) in [5.41, 5.74) is 10.6. The fraction of sp³-hybridized carbons (Fsp3) is 0.333. The SMILES string of the molecule is Cc1cc(CCC(=O)C2(C)CCCC(C(=N)c3ccccc3)=C2N)ccc1Cl. The molecule has 2 aromatic carbocycles. The van der Waals surface area contributed by atoms with Gasteiger partial charge in [-0.1, -0.05) is 54.1 Å². The average Bonchev–Trinajstić information content (AvgIpc) is 2.71. The molecular weight excluding hydrogens is 368 g/mol. The van der Waals surface area contributed by atoms with Gasteiger partial charge in [0.15, 0.2) is 0 Å². The molecule has 1 aliphatic rings.